The van der Waals surface area contributed by atoms with Crippen LogP contribution in [0.4, 0.5) is 0 Å². The Morgan fingerprint density at radius 1 is 1.64 bits per heavy atom. The Labute approximate surface area is 82.1 Å². The molecule has 4 unspecified atom stereocenters. The first-order valence-electron chi connectivity index (χ1n) is 4.92. The Kier molecular flexibility index (Phi) is 1.43. The van der Waals surface area contributed by atoms with E-state index in [-0.39, 0.29) is 17.9 Å². The van der Waals surface area contributed by atoms with E-state index < -0.39 is 11.6 Å². The summed E-state index contributed by atoms with van der Waals surface area (Å²) >= 11 is 0. The van der Waals surface area contributed by atoms with Gasteiger partial charge in [0.25, 0.3) is 0 Å². The van der Waals surface area contributed by atoms with E-state index in [1.165, 1.54) is 0 Å². The van der Waals surface area contributed by atoms with E-state index in [0.29, 0.717) is 0 Å². The van der Waals surface area contributed by atoms with Crippen LogP contribution < -0.4 is 0 Å². The van der Waals surface area contributed by atoms with Crippen LogP contribution in [0.2, 0.25) is 0 Å². The molecule has 0 amide bonds. The van der Waals surface area contributed by atoms with Crippen LogP contribution in [0.15, 0.2) is 12.2 Å². The van der Waals surface area contributed by atoms with Crippen molar-refractivity contribution >= 4 is 5.97 Å². The van der Waals surface area contributed by atoms with Crippen LogP contribution in [0.25, 0.3) is 0 Å². The number of carbonyl (C=O) groups is 1. The molecule has 1 aliphatic carbocycles. The standard InChI is InChI=1S/C10H13NO3/c1-11-4-6-7(5-11)10(13)3-2-8(6)14-9(10)12/h2-3,6-8,13H,4-5H2,1H3. The molecule has 3 heterocycles. The van der Waals surface area contributed by atoms with Gasteiger partial charge in [-0.15, -0.1) is 0 Å². The third kappa shape index (κ3) is 0.828. The molecule has 1 N–H and O–H groups in total. The zero-order valence-electron chi connectivity index (χ0n) is 8.01. The lowest BCUT2D eigenvalue weighted by atomic mass is 9.71. The van der Waals surface area contributed by atoms with E-state index in [4.69, 9.17) is 4.74 Å². The predicted molar refractivity (Wildman–Crippen MR) is 48.4 cm³/mol. The van der Waals surface area contributed by atoms with Gasteiger partial charge in [0.1, 0.15) is 6.10 Å². The highest BCUT2D eigenvalue weighted by Crippen LogP contribution is 2.44. The van der Waals surface area contributed by atoms with Gasteiger partial charge in [0.2, 0.25) is 0 Å². The second kappa shape index (κ2) is 2.38. The number of rotatable bonds is 0. The van der Waals surface area contributed by atoms with Gasteiger partial charge in [-0.1, -0.05) is 0 Å². The Bertz CT molecular complexity index is 327. The molecule has 14 heavy (non-hydrogen) atoms. The molecule has 2 bridgehead atoms. The van der Waals surface area contributed by atoms with Crippen molar-refractivity contribution in [3.63, 3.8) is 0 Å². The molecule has 4 atom stereocenters. The minimum atomic E-state index is -1.36. The summed E-state index contributed by atoms with van der Waals surface area (Å²) in [6.45, 7) is 1.67. The lowest BCUT2D eigenvalue weighted by Crippen LogP contribution is -2.59. The van der Waals surface area contributed by atoms with E-state index in [9.17, 15) is 9.90 Å². The summed E-state index contributed by atoms with van der Waals surface area (Å²) in [4.78, 5) is 13.6. The topological polar surface area (TPSA) is 49.8 Å². The zero-order valence-corrected chi connectivity index (χ0v) is 8.01. The summed E-state index contributed by atoms with van der Waals surface area (Å²) in [5.74, 6) is -0.182. The molecule has 4 heteroatoms. The number of carbonyl (C=O) groups excluding carboxylic acids is 1. The number of hydrogen-bond donors (Lipinski definition) is 1. The molecule has 0 spiro atoms. The average molecular weight is 195 g/mol. The fraction of sp³-hybridized carbons (Fsp3) is 0.700. The van der Waals surface area contributed by atoms with Gasteiger partial charge >= 0.3 is 5.97 Å². The molecule has 0 saturated carbocycles. The molecule has 3 aliphatic heterocycles. The van der Waals surface area contributed by atoms with Crippen LogP contribution in [0, 0.1) is 11.8 Å². The lowest BCUT2D eigenvalue weighted by molar-refractivity contribution is -0.190. The van der Waals surface area contributed by atoms with Gasteiger partial charge in [-0.3, -0.25) is 0 Å². The highest BCUT2D eigenvalue weighted by molar-refractivity contribution is 5.85. The lowest BCUT2D eigenvalue weighted by Gasteiger charge is -2.44. The minimum absolute atomic E-state index is 0.0174. The van der Waals surface area contributed by atoms with Crippen molar-refractivity contribution in [3.8, 4) is 0 Å². The second-order valence-electron chi connectivity index (χ2n) is 4.55. The highest BCUT2D eigenvalue weighted by atomic mass is 16.6. The van der Waals surface area contributed by atoms with Gasteiger partial charge in [-0.2, -0.15) is 0 Å². The van der Waals surface area contributed by atoms with Crippen molar-refractivity contribution in [1.82, 2.24) is 4.90 Å². The Morgan fingerprint density at radius 3 is 3.14 bits per heavy atom. The monoisotopic (exact) mass is 195 g/mol. The Balaban J connectivity index is 2.05. The molecule has 4 aliphatic rings. The normalized spacial score (nSPS) is 50.7. The molecule has 0 aromatic rings. The fourth-order valence-electron chi connectivity index (χ4n) is 2.90. The molecular weight excluding hydrogens is 182 g/mol. The van der Waals surface area contributed by atoms with Crippen molar-refractivity contribution in [2.24, 2.45) is 11.8 Å². The van der Waals surface area contributed by atoms with Gasteiger partial charge in [-0.05, 0) is 19.2 Å². The molecule has 76 valence electrons. The third-order valence-electron chi connectivity index (χ3n) is 3.65. The number of esters is 1. The molecule has 2 saturated heterocycles. The number of hydrogen-bond acceptors (Lipinski definition) is 4. The van der Waals surface area contributed by atoms with Crippen LogP contribution >= 0.6 is 0 Å². The number of fused-ring (bicyclic) bond motifs is 1. The quantitative estimate of drug-likeness (QED) is 0.414. The smallest absolute Gasteiger partial charge is 0.343 e. The van der Waals surface area contributed by atoms with E-state index >= 15 is 0 Å². The first kappa shape index (κ1) is 8.44. The zero-order chi connectivity index (χ0) is 9.92. The molecular formula is C10H13NO3. The summed E-state index contributed by atoms with van der Waals surface area (Å²) < 4.78 is 5.15. The van der Waals surface area contributed by atoms with Crippen molar-refractivity contribution in [1.29, 1.82) is 0 Å². The number of nitrogens with zero attached hydrogens (tertiary/aromatic N) is 1. The van der Waals surface area contributed by atoms with Gasteiger partial charge in [0.05, 0.1) is 0 Å². The summed E-state index contributed by atoms with van der Waals surface area (Å²) in [5, 5.41) is 10.2. The molecule has 2 fully saturated rings. The van der Waals surface area contributed by atoms with Crippen LogP contribution in [-0.2, 0) is 9.53 Å². The maximum atomic E-state index is 11.5. The number of likely N-dealkylation sites (tertiary alicyclic amines) is 1. The maximum Gasteiger partial charge on any atom is 0.343 e. The first-order chi connectivity index (χ1) is 6.61. The summed E-state index contributed by atoms with van der Waals surface area (Å²) in [7, 11) is 2.01. The van der Waals surface area contributed by atoms with Crippen molar-refractivity contribution in [2.75, 3.05) is 20.1 Å². The van der Waals surface area contributed by atoms with Crippen molar-refractivity contribution < 1.29 is 14.6 Å². The van der Waals surface area contributed by atoms with E-state index in [1.807, 2.05) is 13.1 Å². The third-order valence-corrected chi connectivity index (χ3v) is 3.65. The Hall–Kier alpha value is -0.870. The SMILES string of the molecule is CN1CC2C3C=CC(O)(C(=O)O3)C2C1. The van der Waals surface area contributed by atoms with Gasteiger partial charge in [0, 0.05) is 24.9 Å². The van der Waals surface area contributed by atoms with Crippen LogP contribution in [-0.4, -0.2) is 47.8 Å². The van der Waals surface area contributed by atoms with E-state index in [0.717, 1.165) is 13.1 Å². The molecule has 0 aromatic carbocycles. The molecule has 0 aromatic heterocycles. The number of aliphatic hydroxyl groups is 1. The van der Waals surface area contributed by atoms with E-state index in [1.54, 1.807) is 6.08 Å². The minimum Gasteiger partial charge on any atom is -0.455 e. The second-order valence-corrected chi connectivity index (χ2v) is 4.55. The van der Waals surface area contributed by atoms with Crippen molar-refractivity contribution in [3.05, 3.63) is 12.2 Å². The largest absolute Gasteiger partial charge is 0.455 e. The first-order valence-corrected chi connectivity index (χ1v) is 4.92. The van der Waals surface area contributed by atoms with Crippen LogP contribution in [0.5, 0.6) is 0 Å². The summed E-state index contributed by atoms with van der Waals surface area (Å²) in [6.07, 6.45) is 3.32. The van der Waals surface area contributed by atoms with Crippen LogP contribution in [0.3, 0.4) is 0 Å². The molecule has 4 rings (SSSR count). The summed E-state index contributed by atoms with van der Waals surface area (Å²) in [5.41, 5.74) is -1.36. The average Bonchev–Trinajstić information content (AvgIpc) is 2.52. The van der Waals surface area contributed by atoms with Gasteiger partial charge in [-0.25, -0.2) is 4.79 Å². The predicted octanol–water partition coefficient (Wildman–Crippen LogP) is -0.610. The maximum absolute atomic E-state index is 11.5. The van der Waals surface area contributed by atoms with Crippen LogP contribution in [0.1, 0.15) is 0 Å². The summed E-state index contributed by atoms with van der Waals surface area (Å²) in [6, 6.07) is 0. The van der Waals surface area contributed by atoms with Gasteiger partial charge in [0.15, 0.2) is 5.60 Å². The number of ether oxygens (including phenoxy) is 1. The van der Waals surface area contributed by atoms with Gasteiger partial charge < -0.3 is 14.7 Å². The Morgan fingerprint density at radius 2 is 2.43 bits per heavy atom. The molecule has 4 nitrogen and oxygen atoms in total. The highest BCUT2D eigenvalue weighted by Gasteiger charge is 2.59. The fourth-order valence-corrected chi connectivity index (χ4v) is 2.90. The van der Waals surface area contributed by atoms with Crippen molar-refractivity contribution in [2.45, 2.75) is 11.7 Å². The van der Waals surface area contributed by atoms with E-state index in [2.05, 4.69) is 4.90 Å². The molecule has 0 radical (unpaired) electrons.